The summed E-state index contributed by atoms with van der Waals surface area (Å²) in [5.74, 6) is 3.13. The van der Waals surface area contributed by atoms with E-state index in [-0.39, 0.29) is 49.9 Å². The first-order valence-electron chi connectivity index (χ1n) is 6.56. The van der Waals surface area contributed by atoms with E-state index in [0.29, 0.717) is 18.0 Å². The Morgan fingerprint density at radius 2 is 2.18 bits per heavy atom. The normalized spacial score (nSPS) is 9.73. The second kappa shape index (κ2) is 8.53. The summed E-state index contributed by atoms with van der Waals surface area (Å²) in [6.07, 6.45) is 5.17. The summed E-state index contributed by atoms with van der Waals surface area (Å²) in [5, 5.41) is 0.173. The summed E-state index contributed by atoms with van der Waals surface area (Å²) >= 11 is 5.87. The number of pyridine rings is 1. The van der Waals surface area contributed by atoms with Crippen molar-refractivity contribution in [3.63, 3.8) is 0 Å². The molecule has 1 heterocycles. The minimum Gasteiger partial charge on any atom is -0.481 e. The molecule has 2 aromatic rings. The van der Waals surface area contributed by atoms with Gasteiger partial charge in [-0.2, -0.15) is 23.7 Å². The Balaban J connectivity index is 0.00000242. The molecule has 0 bridgehead atoms. The van der Waals surface area contributed by atoms with E-state index in [1.807, 2.05) is 32.0 Å². The smallest absolute Gasteiger partial charge is 0.212 e. The molecule has 0 aliphatic rings. The van der Waals surface area contributed by atoms with Crippen LogP contribution in [0.25, 0.3) is 11.3 Å². The molecule has 1 radical (unpaired) electrons. The van der Waals surface area contributed by atoms with Gasteiger partial charge >= 0.3 is 0 Å². The molecule has 0 atom stereocenters. The number of benzene rings is 1. The van der Waals surface area contributed by atoms with Crippen molar-refractivity contribution in [2.75, 3.05) is 6.61 Å². The van der Waals surface area contributed by atoms with E-state index in [0.717, 1.165) is 11.1 Å². The molecular weight excluding hydrogens is 375 g/mol. The van der Waals surface area contributed by atoms with Gasteiger partial charge < -0.3 is 9.30 Å². The Morgan fingerprint density at radius 3 is 2.77 bits per heavy atom. The number of aryl methyl sites for hydroxylation is 1. The third-order valence-electron chi connectivity index (χ3n) is 3.15. The molecule has 1 aromatic heterocycles. The van der Waals surface area contributed by atoms with Crippen LogP contribution in [0.2, 0.25) is 5.02 Å². The Bertz CT molecular complexity index is 762. The maximum Gasteiger partial charge on any atom is 0.212 e. The molecule has 1 aromatic carbocycles. The number of nitrogens with zero attached hydrogens (tertiary/aromatic N) is 1. The van der Waals surface area contributed by atoms with Crippen LogP contribution >= 0.6 is 11.6 Å². The SMILES string of the molecule is C#CCOc1ccc(-c2[c-]cc(Cl)c(=O)n2CC)c(C)c1.[Y]. The molecule has 0 aliphatic carbocycles. The molecule has 0 fully saturated rings. The number of aromatic nitrogens is 1. The van der Waals surface area contributed by atoms with Crippen LogP contribution < -0.4 is 10.3 Å². The third kappa shape index (κ3) is 4.01. The van der Waals surface area contributed by atoms with E-state index in [9.17, 15) is 4.79 Å². The monoisotopic (exact) mass is 389 g/mol. The van der Waals surface area contributed by atoms with Gasteiger partial charge in [-0.1, -0.05) is 29.7 Å². The fourth-order valence-corrected chi connectivity index (χ4v) is 2.30. The van der Waals surface area contributed by atoms with Crippen molar-refractivity contribution in [1.82, 2.24) is 4.57 Å². The summed E-state index contributed by atoms with van der Waals surface area (Å²) in [4.78, 5) is 12.1. The third-order valence-corrected chi connectivity index (χ3v) is 3.42. The van der Waals surface area contributed by atoms with E-state index < -0.39 is 0 Å². The van der Waals surface area contributed by atoms with Gasteiger partial charge in [0, 0.05) is 44.3 Å². The maximum absolute atomic E-state index is 12.1. The van der Waals surface area contributed by atoms with Crippen LogP contribution in [0, 0.1) is 25.3 Å². The van der Waals surface area contributed by atoms with Crippen molar-refractivity contribution < 1.29 is 37.4 Å². The van der Waals surface area contributed by atoms with Crippen LogP contribution in [0.1, 0.15) is 12.5 Å². The molecule has 22 heavy (non-hydrogen) atoms. The average molecular weight is 390 g/mol. The van der Waals surface area contributed by atoms with Gasteiger partial charge in [-0.15, -0.1) is 12.5 Å². The summed E-state index contributed by atoms with van der Waals surface area (Å²) in [6, 6.07) is 10.2. The van der Waals surface area contributed by atoms with Crippen LogP contribution in [-0.4, -0.2) is 11.2 Å². The summed E-state index contributed by atoms with van der Waals surface area (Å²) in [6.45, 7) is 4.60. The summed E-state index contributed by atoms with van der Waals surface area (Å²) in [7, 11) is 0. The number of hydrogen-bond donors (Lipinski definition) is 0. The first-order chi connectivity index (χ1) is 10.1. The van der Waals surface area contributed by atoms with E-state index in [1.165, 1.54) is 6.07 Å². The molecule has 0 spiro atoms. The van der Waals surface area contributed by atoms with Gasteiger partial charge in [0.15, 0.2) is 0 Å². The molecule has 0 unspecified atom stereocenters. The quantitative estimate of drug-likeness (QED) is 0.593. The Hall–Kier alpha value is -1.08. The fourth-order valence-electron chi connectivity index (χ4n) is 2.14. The number of rotatable bonds is 4. The largest absolute Gasteiger partial charge is 0.481 e. The van der Waals surface area contributed by atoms with Gasteiger partial charge in [0.25, 0.3) is 0 Å². The first kappa shape index (κ1) is 19.0. The van der Waals surface area contributed by atoms with E-state index >= 15 is 0 Å². The zero-order valence-corrected chi connectivity index (χ0v) is 16.1. The minimum atomic E-state index is -0.208. The Kier molecular flexibility index (Phi) is 7.35. The number of hydrogen-bond acceptors (Lipinski definition) is 2. The average Bonchev–Trinajstić information content (AvgIpc) is 2.48. The predicted octanol–water partition coefficient (Wildman–Crippen LogP) is 3.31. The molecule has 5 heteroatoms. The van der Waals surface area contributed by atoms with Gasteiger partial charge in [-0.3, -0.25) is 4.79 Å². The van der Waals surface area contributed by atoms with Crippen LogP contribution in [0.5, 0.6) is 5.75 Å². The molecular formula is C17H15ClNO2Y-. The number of halogens is 1. The molecule has 0 N–H and O–H groups in total. The van der Waals surface area contributed by atoms with Crippen LogP contribution in [-0.2, 0) is 39.3 Å². The molecule has 3 nitrogen and oxygen atoms in total. The summed E-state index contributed by atoms with van der Waals surface area (Å²) < 4.78 is 6.99. The molecule has 0 saturated carbocycles. The Morgan fingerprint density at radius 1 is 1.45 bits per heavy atom. The van der Waals surface area contributed by atoms with Crippen LogP contribution in [0.4, 0.5) is 0 Å². The number of terminal acetylenes is 1. The van der Waals surface area contributed by atoms with Crippen molar-refractivity contribution in [2.45, 2.75) is 20.4 Å². The van der Waals surface area contributed by atoms with Crippen LogP contribution in [0.15, 0.2) is 29.1 Å². The van der Waals surface area contributed by atoms with Crippen molar-refractivity contribution in [1.29, 1.82) is 0 Å². The van der Waals surface area contributed by atoms with Crippen molar-refractivity contribution >= 4 is 11.6 Å². The predicted molar refractivity (Wildman–Crippen MR) is 84.7 cm³/mol. The van der Waals surface area contributed by atoms with Crippen LogP contribution in [0.3, 0.4) is 0 Å². The van der Waals surface area contributed by atoms with Gasteiger partial charge in [-0.05, 0) is 19.1 Å². The Labute approximate surface area is 160 Å². The minimum absolute atomic E-state index is 0. The van der Waals surface area contributed by atoms with Gasteiger partial charge in [-0.25, -0.2) is 0 Å². The van der Waals surface area contributed by atoms with Gasteiger partial charge in [0.05, 0.1) is 0 Å². The molecule has 2 rings (SSSR count). The second-order valence-electron chi connectivity index (χ2n) is 4.50. The topological polar surface area (TPSA) is 31.2 Å². The maximum atomic E-state index is 12.1. The van der Waals surface area contributed by atoms with E-state index in [4.69, 9.17) is 22.8 Å². The number of ether oxygens (including phenoxy) is 1. The van der Waals surface area contributed by atoms with Crippen molar-refractivity contribution in [2.24, 2.45) is 0 Å². The van der Waals surface area contributed by atoms with Gasteiger partial charge in [0.1, 0.15) is 12.4 Å². The zero-order valence-electron chi connectivity index (χ0n) is 12.5. The molecule has 0 aliphatic heterocycles. The second-order valence-corrected chi connectivity index (χ2v) is 4.91. The van der Waals surface area contributed by atoms with Crippen molar-refractivity contribution in [3.8, 4) is 29.4 Å². The van der Waals surface area contributed by atoms with E-state index in [1.54, 1.807) is 4.57 Å². The fraction of sp³-hybridized carbons (Fsp3) is 0.235. The molecule has 111 valence electrons. The first-order valence-corrected chi connectivity index (χ1v) is 6.94. The zero-order chi connectivity index (χ0) is 15.4. The summed E-state index contributed by atoms with van der Waals surface area (Å²) in [5.41, 5.74) is 2.40. The molecule has 0 saturated heterocycles. The molecule has 0 amide bonds. The van der Waals surface area contributed by atoms with E-state index in [2.05, 4.69) is 12.0 Å². The van der Waals surface area contributed by atoms with Crippen molar-refractivity contribution in [3.05, 3.63) is 51.3 Å². The van der Waals surface area contributed by atoms with Gasteiger partial charge in [0.2, 0.25) is 5.56 Å². The standard InChI is InChI=1S/C17H15ClNO2.Y/c1-4-10-21-13-6-7-14(12(3)11-13)16-9-8-15(18)17(20)19(16)5-2;/h1,6-8,11H,5,10H2,2-3H3;/q-1;.